The van der Waals surface area contributed by atoms with E-state index < -0.39 is 0 Å². The Morgan fingerprint density at radius 3 is 2.66 bits per heavy atom. The number of hydrogen-bond acceptors (Lipinski definition) is 6. The molecule has 3 fully saturated rings. The molecule has 0 bridgehead atoms. The van der Waals surface area contributed by atoms with E-state index in [4.69, 9.17) is 9.47 Å². The number of benzene rings is 1. The van der Waals surface area contributed by atoms with Crippen molar-refractivity contribution >= 4 is 17.4 Å². The number of amides is 1. The molecule has 1 N–H and O–H groups in total. The predicted molar refractivity (Wildman–Crippen MR) is 135 cm³/mol. The van der Waals surface area contributed by atoms with E-state index in [2.05, 4.69) is 46.0 Å². The van der Waals surface area contributed by atoms with Gasteiger partial charge in [-0.1, -0.05) is 12.6 Å². The van der Waals surface area contributed by atoms with Crippen LogP contribution in [0.3, 0.4) is 0 Å². The van der Waals surface area contributed by atoms with Crippen molar-refractivity contribution in [3.05, 3.63) is 59.8 Å². The van der Waals surface area contributed by atoms with Gasteiger partial charge in [0, 0.05) is 63.1 Å². The highest BCUT2D eigenvalue weighted by Gasteiger charge is 2.36. The molecule has 7 nitrogen and oxygen atoms in total. The van der Waals surface area contributed by atoms with Gasteiger partial charge in [0.25, 0.3) is 0 Å². The van der Waals surface area contributed by atoms with Gasteiger partial charge in [-0.3, -0.25) is 9.69 Å². The molecule has 1 amide bonds. The van der Waals surface area contributed by atoms with E-state index in [0.717, 1.165) is 82.3 Å². The van der Waals surface area contributed by atoms with Crippen LogP contribution in [0.1, 0.15) is 54.2 Å². The fourth-order valence-corrected chi connectivity index (χ4v) is 6.06. The van der Waals surface area contributed by atoms with E-state index in [1.54, 1.807) is 0 Å². The summed E-state index contributed by atoms with van der Waals surface area (Å²) in [6, 6.07) is 9.31. The highest BCUT2D eigenvalue weighted by atomic mass is 16.5. The second-order valence-electron chi connectivity index (χ2n) is 10.2. The minimum atomic E-state index is 0.0561. The van der Waals surface area contributed by atoms with Gasteiger partial charge in [-0.2, -0.15) is 0 Å². The first-order valence-electron chi connectivity index (χ1n) is 12.9. The number of nitrogens with one attached hydrogen (secondary N) is 1. The van der Waals surface area contributed by atoms with Gasteiger partial charge in [-0.25, -0.2) is 4.98 Å². The summed E-state index contributed by atoms with van der Waals surface area (Å²) in [4.78, 5) is 21.0. The molecular formula is C28H34N4O3. The van der Waals surface area contributed by atoms with Crippen LogP contribution in [-0.2, 0) is 16.1 Å². The number of ether oxygens (including phenoxy) is 2. The SMILES string of the molecule is C=CC(=O)N1CCC(N2CC(c3ccc4c(c3)Nc3nccc(C5CCOCC5)c3CO4)C2)CC1. The molecular weight excluding hydrogens is 440 g/mol. The lowest BCUT2D eigenvalue weighted by atomic mass is 9.87. The molecule has 0 spiro atoms. The third kappa shape index (κ3) is 4.43. The van der Waals surface area contributed by atoms with E-state index in [1.165, 1.54) is 22.8 Å². The predicted octanol–water partition coefficient (Wildman–Crippen LogP) is 4.19. The first-order valence-corrected chi connectivity index (χ1v) is 12.9. The lowest BCUT2D eigenvalue weighted by Crippen LogP contribution is -2.54. The van der Waals surface area contributed by atoms with Crippen molar-refractivity contribution in [2.24, 2.45) is 0 Å². The Morgan fingerprint density at radius 1 is 1.09 bits per heavy atom. The summed E-state index contributed by atoms with van der Waals surface area (Å²) in [6.07, 6.45) is 7.54. The highest BCUT2D eigenvalue weighted by Crippen LogP contribution is 2.40. The molecule has 0 radical (unpaired) electrons. The zero-order valence-corrected chi connectivity index (χ0v) is 20.2. The number of nitrogens with zero attached hydrogens (tertiary/aromatic N) is 3. The molecule has 4 aliphatic heterocycles. The van der Waals surface area contributed by atoms with Gasteiger partial charge >= 0.3 is 0 Å². The third-order valence-corrected chi connectivity index (χ3v) is 8.23. The van der Waals surface area contributed by atoms with Crippen LogP contribution in [0.5, 0.6) is 5.75 Å². The first kappa shape index (κ1) is 22.6. The quantitative estimate of drug-likeness (QED) is 0.671. The van der Waals surface area contributed by atoms with E-state index in [0.29, 0.717) is 24.5 Å². The Balaban J connectivity index is 1.12. The molecule has 5 heterocycles. The average molecular weight is 475 g/mol. The highest BCUT2D eigenvalue weighted by molar-refractivity contribution is 5.87. The number of hydrogen-bond donors (Lipinski definition) is 1. The Labute approximate surface area is 207 Å². The zero-order valence-electron chi connectivity index (χ0n) is 20.2. The van der Waals surface area contributed by atoms with Crippen LogP contribution >= 0.6 is 0 Å². The van der Waals surface area contributed by atoms with Gasteiger partial charge < -0.3 is 19.7 Å². The molecule has 35 heavy (non-hydrogen) atoms. The van der Waals surface area contributed by atoms with Crippen LogP contribution in [0.25, 0.3) is 0 Å². The van der Waals surface area contributed by atoms with Crippen LogP contribution in [0.15, 0.2) is 43.1 Å². The number of likely N-dealkylation sites (tertiary alicyclic amines) is 2. The molecule has 1 aromatic heterocycles. The van der Waals surface area contributed by atoms with Gasteiger partial charge in [0.1, 0.15) is 18.2 Å². The summed E-state index contributed by atoms with van der Waals surface area (Å²) in [5, 5.41) is 3.59. The van der Waals surface area contributed by atoms with Crippen molar-refractivity contribution in [1.82, 2.24) is 14.8 Å². The Bertz CT molecular complexity index is 1100. The number of piperidine rings is 1. The molecule has 1 aromatic carbocycles. The Hall–Kier alpha value is -2.90. The van der Waals surface area contributed by atoms with Crippen molar-refractivity contribution in [2.75, 3.05) is 44.7 Å². The molecule has 3 saturated heterocycles. The van der Waals surface area contributed by atoms with Gasteiger partial charge in [-0.05, 0) is 67.0 Å². The second kappa shape index (κ2) is 9.63. The minimum absolute atomic E-state index is 0.0561. The molecule has 7 heteroatoms. The monoisotopic (exact) mass is 474 g/mol. The summed E-state index contributed by atoms with van der Waals surface area (Å²) < 4.78 is 11.8. The van der Waals surface area contributed by atoms with Gasteiger partial charge in [0.15, 0.2) is 0 Å². The van der Waals surface area contributed by atoms with E-state index in [9.17, 15) is 4.79 Å². The Morgan fingerprint density at radius 2 is 1.89 bits per heavy atom. The summed E-state index contributed by atoms with van der Waals surface area (Å²) in [5.74, 6) is 2.89. The summed E-state index contributed by atoms with van der Waals surface area (Å²) in [7, 11) is 0. The van der Waals surface area contributed by atoms with Gasteiger partial charge in [0.2, 0.25) is 5.91 Å². The van der Waals surface area contributed by atoms with Crippen molar-refractivity contribution in [1.29, 1.82) is 0 Å². The van der Waals surface area contributed by atoms with Gasteiger partial charge in [-0.15, -0.1) is 0 Å². The maximum Gasteiger partial charge on any atom is 0.245 e. The molecule has 2 aromatic rings. The van der Waals surface area contributed by atoms with Crippen molar-refractivity contribution in [2.45, 2.75) is 50.2 Å². The van der Waals surface area contributed by atoms with Crippen LogP contribution in [0.4, 0.5) is 11.5 Å². The average Bonchev–Trinajstić information content (AvgIpc) is 3.07. The fraction of sp³-hybridized carbons (Fsp3) is 0.500. The summed E-state index contributed by atoms with van der Waals surface area (Å²) in [5.41, 5.74) is 4.87. The molecule has 0 saturated carbocycles. The fourth-order valence-electron chi connectivity index (χ4n) is 6.06. The number of carbonyl (C=O) groups excluding carboxylic acids is 1. The third-order valence-electron chi connectivity index (χ3n) is 8.23. The van der Waals surface area contributed by atoms with Gasteiger partial charge in [0.05, 0.1) is 5.69 Å². The smallest absolute Gasteiger partial charge is 0.245 e. The number of aromatic nitrogens is 1. The van der Waals surface area contributed by atoms with E-state index in [1.807, 2.05) is 11.1 Å². The number of anilines is 2. The lowest BCUT2D eigenvalue weighted by molar-refractivity contribution is -0.127. The topological polar surface area (TPSA) is 66.9 Å². The van der Waals surface area contributed by atoms with Crippen LogP contribution in [-0.4, -0.2) is 66.1 Å². The molecule has 0 atom stereocenters. The number of carbonyl (C=O) groups is 1. The zero-order chi connectivity index (χ0) is 23.8. The largest absolute Gasteiger partial charge is 0.487 e. The van der Waals surface area contributed by atoms with Crippen molar-refractivity contribution in [3.63, 3.8) is 0 Å². The number of fused-ring (bicyclic) bond motifs is 2. The molecule has 6 rings (SSSR count). The summed E-state index contributed by atoms with van der Waals surface area (Å²) >= 11 is 0. The molecule has 0 aliphatic carbocycles. The second-order valence-corrected chi connectivity index (χ2v) is 10.2. The molecule has 4 aliphatic rings. The summed E-state index contributed by atoms with van der Waals surface area (Å²) in [6.45, 7) is 9.61. The van der Waals surface area contributed by atoms with E-state index in [-0.39, 0.29) is 5.91 Å². The molecule has 0 unspecified atom stereocenters. The van der Waals surface area contributed by atoms with Crippen LogP contribution in [0, 0.1) is 0 Å². The first-order chi connectivity index (χ1) is 17.2. The van der Waals surface area contributed by atoms with Crippen molar-refractivity contribution in [3.8, 4) is 5.75 Å². The number of rotatable bonds is 4. The normalized spacial score (nSPS) is 21.7. The Kier molecular flexibility index (Phi) is 6.20. The maximum atomic E-state index is 11.9. The standard InChI is InChI=1S/C28H34N4O3/c1-2-27(33)31-11-6-22(7-12-31)32-16-21(17-32)20-3-4-26-25(15-20)30-28-24(18-35-26)23(5-10-29-28)19-8-13-34-14-9-19/h2-5,10,15,19,21-22H,1,6-9,11-14,16-18H2,(H,29,30). The van der Waals surface area contributed by atoms with Crippen LogP contribution < -0.4 is 10.1 Å². The number of pyridine rings is 1. The minimum Gasteiger partial charge on any atom is -0.487 e. The molecule has 184 valence electrons. The van der Waals surface area contributed by atoms with Crippen LogP contribution in [0.2, 0.25) is 0 Å². The van der Waals surface area contributed by atoms with Crippen molar-refractivity contribution < 1.29 is 14.3 Å². The lowest BCUT2D eigenvalue weighted by Gasteiger charge is -2.47. The van der Waals surface area contributed by atoms with E-state index >= 15 is 0 Å². The maximum absolute atomic E-state index is 11.9.